The highest BCUT2D eigenvalue weighted by molar-refractivity contribution is 7.17. The molecule has 0 atom stereocenters. The standard InChI is InChI=1S/C18H17N3O3S/c1-9-15(17(23)24)21-16(10(2)25-18(21)19-9)13-4-5-14-12(8-13)6-7-20(14)11(3)22/h4-5,8H,6-7H2,1-3H3,(H,23,24). The van der Waals surface area contributed by atoms with Crippen LogP contribution in [-0.2, 0) is 11.2 Å². The third-order valence-electron chi connectivity index (χ3n) is 4.65. The predicted octanol–water partition coefficient (Wildman–Crippen LogP) is 3.29. The number of imidazole rings is 1. The van der Waals surface area contributed by atoms with Gasteiger partial charge in [0.2, 0.25) is 5.91 Å². The van der Waals surface area contributed by atoms with Gasteiger partial charge in [0.05, 0.1) is 11.4 Å². The summed E-state index contributed by atoms with van der Waals surface area (Å²) >= 11 is 1.49. The number of carbonyl (C=O) groups excluding carboxylic acids is 1. The Hall–Kier alpha value is -2.67. The number of amides is 1. The highest BCUT2D eigenvalue weighted by atomic mass is 32.1. The van der Waals surface area contributed by atoms with Crippen molar-refractivity contribution in [1.29, 1.82) is 0 Å². The number of carbonyl (C=O) groups is 2. The molecule has 1 N–H and O–H groups in total. The fraction of sp³-hybridized carbons (Fsp3) is 0.278. The minimum absolute atomic E-state index is 0.0407. The Labute approximate surface area is 148 Å². The molecule has 1 aliphatic rings. The van der Waals surface area contributed by atoms with Crippen LogP contribution in [0.5, 0.6) is 0 Å². The number of nitrogens with zero attached hydrogens (tertiary/aromatic N) is 3. The molecule has 0 aliphatic carbocycles. The van der Waals surface area contributed by atoms with E-state index in [1.54, 1.807) is 23.1 Å². The Morgan fingerprint density at radius 1 is 1.28 bits per heavy atom. The maximum atomic E-state index is 11.7. The van der Waals surface area contributed by atoms with Gasteiger partial charge in [0.1, 0.15) is 0 Å². The number of rotatable bonds is 2. The highest BCUT2D eigenvalue weighted by Crippen LogP contribution is 2.37. The number of anilines is 1. The van der Waals surface area contributed by atoms with Gasteiger partial charge in [-0.15, -0.1) is 11.3 Å². The SMILES string of the molecule is CC(=O)N1CCc2cc(-c3c(C)sc4nc(C)c(C(=O)O)n34)ccc21. The molecule has 1 aliphatic heterocycles. The summed E-state index contributed by atoms with van der Waals surface area (Å²) in [5, 5.41) is 9.58. The minimum atomic E-state index is -0.979. The minimum Gasteiger partial charge on any atom is -0.477 e. The Kier molecular flexibility index (Phi) is 3.43. The zero-order chi connectivity index (χ0) is 17.9. The van der Waals surface area contributed by atoms with E-state index in [2.05, 4.69) is 11.1 Å². The number of carboxylic acids is 1. The summed E-state index contributed by atoms with van der Waals surface area (Å²) in [5.41, 5.74) is 4.60. The van der Waals surface area contributed by atoms with Crippen molar-refractivity contribution < 1.29 is 14.7 Å². The number of fused-ring (bicyclic) bond motifs is 2. The van der Waals surface area contributed by atoms with Crippen LogP contribution >= 0.6 is 11.3 Å². The van der Waals surface area contributed by atoms with Gasteiger partial charge >= 0.3 is 5.97 Å². The van der Waals surface area contributed by atoms with Crippen molar-refractivity contribution in [3.8, 4) is 11.3 Å². The molecule has 4 rings (SSSR count). The molecule has 0 saturated heterocycles. The van der Waals surface area contributed by atoms with Gasteiger partial charge in [-0.05, 0) is 38.0 Å². The molecule has 3 aromatic rings. The van der Waals surface area contributed by atoms with Crippen LogP contribution < -0.4 is 4.90 Å². The summed E-state index contributed by atoms with van der Waals surface area (Å²) in [6.07, 6.45) is 0.809. The van der Waals surface area contributed by atoms with E-state index in [0.29, 0.717) is 17.2 Å². The van der Waals surface area contributed by atoms with Crippen molar-refractivity contribution in [3.05, 3.63) is 40.0 Å². The first-order valence-electron chi connectivity index (χ1n) is 8.01. The molecule has 0 saturated carbocycles. The van der Waals surface area contributed by atoms with Crippen molar-refractivity contribution in [1.82, 2.24) is 9.38 Å². The van der Waals surface area contributed by atoms with E-state index < -0.39 is 5.97 Å². The Bertz CT molecular complexity index is 1050. The molecule has 6 nitrogen and oxygen atoms in total. The first-order valence-corrected chi connectivity index (χ1v) is 8.83. The van der Waals surface area contributed by atoms with Crippen molar-refractivity contribution in [2.45, 2.75) is 27.2 Å². The number of thiazole rings is 1. The lowest BCUT2D eigenvalue weighted by molar-refractivity contribution is -0.116. The van der Waals surface area contributed by atoms with Gasteiger partial charge in [-0.2, -0.15) is 0 Å². The molecule has 0 fully saturated rings. The van der Waals surface area contributed by atoms with Crippen molar-refractivity contribution >= 4 is 33.9 Å². The summed E-state index contributed by atoms with van der Waals surface area (Å²) in [4.78, 5) is 31.3. The second kappa shape index (κ2) is 5.42. The van der Waals surface area contributed by atoms with Crippen LogP contribution in [0.15, 0.2) is 18.2 Å². The van der Waals surface area contributed by atoms with Gasteiger partial charge < -0.3 is 10.0 Å². The van der Waals surface area contributed by atoms with Gasteiger partial charge in [0.15, 0.2) is 10.7 Å². The summed E-state index contributed by atoms with van der Waals surface area (Å²) < 4.78 is 1.73. The molecule has 3 heterocycles. The fourth-order valence-corrected chi connectivity index (χ4v) is 4.62. The zero-order valence-electron chi connectivity index (χ0n) is 14.2. The average molecular weight is 355 g/mol. The fourth-order valence-electron chi connectivity index (χ4n) is 3.58. The molecule has 1 amide bonds. The van der Waals surface area contributed by atoms with Crippen LogP contribution in [0.25, 0.3) is 16.2 Å². The molecule has 0 radical (unpaired) electrons. The van der Waals surface area contributed by atoms with E-state index in [1.807, 2.05) is 19.1 Å². The molecule has 0 unspecified atom stereocenters. The lowest BCUT2D eigenvalue weighted by Crippen LogP contribution is -2.25. The van der Waals surface area contributed by atoms with Gasteiger partial charge in [0.25, 0.3) is 0 Å². The number of benzene rings is 1. The third-order valence-corrected chi connectivity index (χ3v) is 5.61. The monoisotopic (exact) mass is 355 g/mol. The second-order valence-electron chi connectivity index (χ2n) is 6.24. The van der Waals surface area contributed by atoms with Gasteiger partial charge in [0, 0.05) is 29.6 Å². The van der Waals surface area contributed by atoms with Crippen LogP contribution in [0, 0.1) is 13.8 Å². The number of aromatic carboxylic acids is 1. The van der Waals surface area contributed by atoms with Crippen molar-refractivity contribution in [2.24, 2.45) is 0 Å². The van der Waals surface area contributed by atoms with Gasteiger partial charge in [-0.3, -0.25) is 9.20 Å². The zero-order valence-corrected chi connectivity index (χ0v) is 15.0. The van der Waals surface area contributed by atoms with Crippen LogP contribution in [-0.4, -0.2) is 32.9 Å². The van der Waals surface area contributed by atoms with Gasteiger partial charge in [-0.25, -0.2) is 9.78 Å². The average Bonchev–Trinajstić information content (AvgIpc) is 3.16. The number of carboxylic acid groups (broad SMARTS) is 1. The molecule has 2 aromatic heterocycles. The smallest absolute Gasteiger partial charge is 0.354 e. The molecule has 0 bridgehead atoms. The number of hydrogen-bond acceptors (Lipinski definition) is 4. The molecular weight excluding hydrogens is 338 g/mol. The lowest BCUT2D eigenvalue weighted by atomic mass is 10.1. The Balaban J connectivity index is 1.93. The van der Waals surface area contributed by atoms with Crippen molar-refractivity contribution in [3.63, 3.8) is 0 Å². The first kappa shape index (κ1) is 15.8. The molecule has 0 spiro atoms. The first-order chi connectivity index (χ1) is 11.9. The van der Waals surface area contributed by atoms with E-state index in [4.69, 9.17) is 0 Å². The van der Waals surface area contributed by atoms with E-state index >= 15 is 0 Å². The Morgan fingerprint density at radius 2 is 2.04 bits per heavy atom. The largest absolute Gasteiger partial charge is 0.477 e. The third kappa shape index (κ3) is 2.26. The van der Waals surface area contributed by atoms with Crippen LogP contribution in [0.1, 0.15) is 33.5 Å². The Morgan fingerprint density at radius 3 is 2.72 bits per heavy atom. The maximum absolute atomic E-state index is 11.7. The van der Waals surface area contributed by atoms with Crippen LogP contribution in [0.2, 0.25) is 0 Å². The summed E-state index contributed by atoms with van der Waals surface area (Å²) in [5.74, 6) is -0.938. The van der Waals surface area contributed by atoms with Crippen LogP contribution in [0.3, 0.4) is 0 Å². The topological polar surface area (TPSA) is 74.9 Å². The predicted molar refractivity (Wildman–Crippen MR) is 96.7 cm³/mol. The normalized spacial score (nSPS) is 13.5. The molecular formula is C18H17N3O3S. The number of hydrogen-bond donors (Lipinski definition) is 1. The maximum Gasteiger partial charge on any atom is 0.354 e. The van der Waals surface area contributed by atoms with E-state index in [9.17, 15) is 14.7 Å². The van der Waals surface area contributed by atoms with Gasteiger partial charge in [-0.1, -0.05) is 6.07 Å². The van der Waals surface area contributed by atoms with Crippen LogP contribution in [0.4, 0.5) is 5.69 Å². The van der Waals surface area contributed by atoms with Crippen molar-refractivity contribution in [2.75, 3.05) is 11.4 Å². The molecule has 7 heteroatoms. The summed E-state index contributed by atoms with van der Waals surface area (Å²) in [6, 6.07) is 5.97. The molecule has 25 heavy (non-hydrogen) atoms. The highest BCUT2D eigenvalue weighted by Gasteiger charge is 2.25. The molecule has 128 valence electrons. The van der Waals surface area contributed by atoms with E-state index in [0.717, 1.165) is 33.8 Å². The number of aromatic nitrogens is 2. The summed E-state index contributed by atoms with van der Waals surface area (Å²) in [6.45, 7) is 5.96. The molecule has 1 aromatic carbocycles. The van der Waals surface area contributed by atoms with E-state index in [1.165, 1.54) is 11.3 Å². The number of aryl methyl sites for hydroxylation is 2. The lowest BCUT2D eigenvalue weighted by Gasteiger charge is -2.15. The van der Waals surface area contributed by atoms with E-state index in [-0.39, 0.29) is 11.6 Å². The second-order valence-corrected chi connectivity index (χ2v) is 7.42. The summed E-state index contributed by atoms with van der Waals surface area (Å²) in [7, 11) is 0. The quantitative estimate of drug-likeness (QED) is 0.765.